The van der Waals surface area contributed by atoms with Crippen LogP contribution in [0.15, 0.2) is 59.4 Å². The molecule has 0 aliphatic carbocycles. The summed E-state index contributed by atoms with van der Waals surface area (Å²) in [4.78, 5) is 48.5. The van der Waals surface area contributed by atoms with Gasteiger partial charge < -0.3 is 11.1 Å². The van der Waals surface area contributed by atoms with Gasteiger partial charge in [0.1, 0.15) is 5.82 Å². The number of fused-ring (bicyclic) bond motifs is 1. The molecule has 29 heavy (non-hydrogen) atoms. The van der Waals surface area contributed by atoms with Gasteiger partial charge in [0.25, 0.3) is 23.3 Å². The van der Waals surface area contributed by atoms with Crippen LogP contribution in [0, 0.1) is 6.92 Å². The van der Waals surface area contributed by atoms with Crippen LogP contribution in [-0.4, -0.2) is 22.3 Å². The quantitative estimate of drug-likeness (QED) is 0.591. The number of aromatic nitrogens is 1. The summed E-state index contributed by atoms with van der Waals surface area (Å²) in [6.07, 6.45) is 0. The Bertz CT molecular complexity index is 1230. The smallest absolute Gasteiger partial charge is 0.262 e. The topological polar surface area (TPSA) is 123 Å². The van der Waals surface area contributed by atoms with Crippen molar-refractivity contribution in [2.45, 2.75) is 6.92 Å². The molecule has 4 rings (SSSR count). The van der Waals surface area contributed by atoms with Crippen LogP contribution < -0.4 is 21.9 Å². The average Bonchev–Trinajstić information content (AvgIpc) is 2.97. The van der Waals surface area contributed by atoms with Gasteiger partial charge in [0, 0.05) is 17.3 Å². The minimum Gasteiger partial charge on any atom is -0.384 e. The molecular weight excluding hydrogens is 372 g/mol. The lowest BCUT2D eigenvalue weighted by atomic mass is 10.1. The average molecular weight is 388 g/mol. The third-order valence-electron chi connectivity index (χ3n) is 4.65. The summed E-state index contributed by atoms with van der Waals surface area (Å²) in [6.45, 7) is 1.94. The first-order valence-electron chi connectivity index (χ1n) is 8.75. The highest BCUT2D eigenvalue weighted by Gasteiger charge is 2.31. The molecule has 0 spiro atoms. The van der Waals surface area contributed by atoms with Gasteiger partial charge in [-0.15, -0.1) is 0 Å². The molecule has 0 bridgehead atoms. The number of hydrogen-bond donors (Lipinski definition) is 3. The number of carbonyl (C=O) groups excluding carboxylic acids is 3. The standard InChI is InChI=1S/C21H16N4O4/c1-11-2-4-12(5-3-11)19(27)23-13-6-8-14(9-7-13)25-16(26)10-15-17(18(25)22)21(29)24-20(15)28/h2-10H,22H2,1H3,(H,23,27)(H,24,28,29). The Hall–Kier alpha value is -4.20. The Morgan fingerprint density at radius 2 is 1.62 bits per heavy atom. The van der Waals surface area contributed by atoms with E-state index in [1.807, 2.05) is 19.1 Å². The van der Waals surface area contributed by atoms with E-state index in [9.17, 15) is 19.2 Å². The molecule has 4 N–H and O–H groups in total. The number of aryl methyl sites for hydroxylation is 1. The van der Waals surface area contributed by atoms with Gasteiger partial charge >= 0.3 is 0 Å². The molecule has 8 heteroatoms. The van der Waals surface area contributed by atoms with Gasteiger partial charge in [0.2, 0.25) is 0 Å². The molecule has 144 valence electrons. The van der Waals surface area contributed by atoms with Gasteiger partial charge in [-0.2, -0.15) is 0 Å². The van der Waals surface area contributed by atoms with Gasteiger partial charge in [-0.1, -0.05) is 17.7 Å². The Balaban J connectivity index is 1.64. The second-order valence-corrected chi connectivity index (χ2v) is 6.64. The molecule has 8 nitrogen and oxygen atoms in total. The number of nitrogens with zero attached hydrogens (tertiary/aromatic N) is 1. The number of rotatable bonds is 3. The van der Waals surface area contributed by atoms with Crippen molar-refractivity contribution in [1.29, 1.82) is 0 Å². The number of nitrogens with one attached hydrogen (secondary N) is 2. The van der Waals surface area contributed by atoms with E-state index in [-0.39, 0.29) is 22.9 Å². The van der Waals surface area contributed by atoms with E-state index in [0.29, 0.717) is 16.9 Å². The number of anilines is 2. The summed E-state index contributed by atoms with van der Waals surface area (Å²) in [5.41, 5.74) is 7.92. The maximum absolute atomic E-state index is 12.4. The number of amides is 3. The minimum atomic E-state index is -0.643. The molecule has 0 saturated heterocycles. The molecule has 0 radical (unpaired) electrons. The molecule has 0 atom stereocenters. The maximum Gasteiger partial charge on any atom is 0.262 e. The summed E-state index contributed by atoms with van der Waals surface area (Å²) in [7, 11) is 0. The van der Waals surface area contributed by atoms with Crippen molar-refractivity contribution < 1.29 is 14.4 Å². The number of nitrogens with two attached hydrogens (primary N) is 1. The van der Waals surface area contributed by atoms with E-state index >= 15 is 0 Å². The highest BCUT2D eigenvalue weighted by molar-refractivity contribution is 6.23. The monoisotopic (exact) mass is 388 g/mol. The van der Waals surface area contributed by atoms with Crippen molar-refractivity contribution >= 4 is 29.2 Å². The predicted octanol–water partition coefficient (Wildman–Crippen LogP) is 1.86. The molecule has 2 aromatic carbocycles. The number of hydrogen-bond acceptors (Lipinski definition) is 5. The molecule has 1 aliphatic rings. The molecule has 1 aromatic heterocycles. The summed E-state index contributed by atoms with van der Waals surface area (Å²) in [5.74, 6) is -1.66. The Labute approximate surface area is 165 Å². The van der Waals surface area contributed by atoms with Crippen LogP contribution in [0.2, 0.25) is 0 Å². The zero-order valence-corrected chi connectivity index (χ0v) is 15.4. The van der Waals surface area contributed by atoms with E-state index in [4.69, 9.17) is 5.73 Å². The zero-order chi connectivity index (χ0) is 20.7. The fraction of sp³-hybridized carbons (Fsp3) is 0.0476. The summed E-state index contributed by atoms with van der Waals surface area (Å²) in [5, 5.41) is 4.89. The van der Waals surface area contributed by atoms with Crippen molar-refractivity contribution in [3.8, 4) is 5.69 Å². The number of pyridine rings is 1. The number of benzene rings is 2. The molecule has 1 aliphatic heterocycles. The zero-order valence-electron chi connectivity index (χ0n) is 15.4. The lowest BCUT2D eigenvalue weighted by Crippen LogP contribution is -2.24. The van der Waals surface area contributed by atoms with Crippen LogP contribution in [-0.2, 0) is 0 Å². The molecule has 2 heterocycles. The summed E-state index contributed by atoms with van der Waals surface area (Å²) >= 11 is 0. The first kappa shape index (κ1) is 18.2. The van der Waals surface area contributed by atoms with Crippen LogP contribution in [0.4, 0.5) is 11.5 Å². The molecule has 0 unspecified atom stereocenters. The fourth-order valence-corrected chi connectivity index (χ4v) is 3.15. The molecular formula is C21H16N4O4. The largest absolute Gasteiger partial charge is 0.384 e. The summed E-state index contributed by atoms with van der Waals surface area (Å²) in [6, 6.07) is 14.7. The van der Waals surface area contributed by atoms with Gasteiger partial charge in [0.05, 0.1) is 16.8 Å². The predicted molar refractivity (Wildman–Crippen MR) is 107 cm³/mol. The van der Waals surface area contributed by atoms with Crippen LogP contribution in [0.25, 0.3) is 5.69 Å². The lowest BCUT2D eigenvalue weighted by Gasteiger charge is -2.13. The van der Waals surface area contributed by atoms with E-state index in [1.165, 1.54) is 0 Å². The van der Waals surface area contributed by atoms with Crippen molar-refractivity contribution in [3.05, 3.63) is 87.2 Å². The van der Waals surface area contributed by atoms with E-state index < -0.39 is 17.4 Å². The van der Waals surface area contributed by atoms with Gasteiger partial charge in [0.15, 0.2) is 0 Å². The second kappa shape index (κ2) is 6.75. The first-order chi connectivity index (χ1) is 13.8. The van der Waals surface area contributed by atoms with E-state index in [2.05, 4.69) is 10.6 Å². The summed E-state index contributed by atoms with van der Waals surface area (Å²) < 4.78 is 1.14. The number of imide groups is 1. The Morgan fingerprint density at radius 3 is 2.28 bits per heavy atom. The van der Waals surface area contributed by atoms with Crippen LogP contribution in [0.3, 0.4) is 0 Å². The number of carbonyl (C=O) groups is 3. The van der Waals surface area contributed by atoms with Crippen molar-refractivity contribution in [2.24, 2.45) is 0 Å². The minimum absolute atomic E-state index is 0.0219. The van der Waals surface area contributed by atoms with Crippen molar-refractivity contribution in [3.63, 3.8) is 0 Å². The normalized spacial score (nSPS) is 12.4. The maximum atomic E-state index is 12.4. The third kappa shape index (κ3) is 3.16. The molecule has 0 saturated carbocycles. The second-order valence-electron chi connectivity index (χ2n) is 6.64. The van der Waals surface area contributed by atoms with Crippen LogP contribution in [0.1, 0.15) is 36.6 Å². The SMILES string of the molecule is Cc1ccc(C(=O)Nc2ccc(-n3c(N)c4c(cc3=O)C(=O)NC4=O)cc2)cc1. The Kier molecular flexibility index (Phi) is 4.23. The molecule has 3 amide bonds. The fourth-order valence-electron chi connectivity index (χ4n) is 3.15. The molecule has 3 aromatic rings. The van der Waals surface area contributed by atoms with E-state index in [0.717, 1.165) is 16.2 Å². The highest BCUT2D eigenvalue weighted by atomic mass is 16.2. The van der Waals surface area contributed by atoms with Crippen LogP contribution >= 0.6 is 0 Å². The van der Waals surface area contributed by atoms with Crippen LogP contribution in [0.5, 0.6) is 0 Å². The van der Waals surface area contributed by atoms with Crippen molar-refractivity contribution in [2.75, 3.05) is 11.1 Å². The van der Waals surface area contributed by atoms with E-state index in [1.54, 1.807) is 36.4 Å². The molecule has 0 fully saturated rings. The highest BCUT2D eigenvalue weighted by Crippen LogP contribution is 2.23. The first-order valence-corrected chi connectivity index (χ1v) is 8.75. The van der Waals surface area contributed by atoms with Crippen molar-refractivity contribution in [1.82, 2.24) is 9.88 Å². The third-order valence-corrected chi connectivity index (χ3v) is 4.65. The lowest BCUT2D eigenvalue weighted by molar-refractivity contribution is 0.0879. The Morgan fingerprint density at radius 1 is 0.966 bits per heavy atom. The van der Waals surface area contributed by atoms with Gasteiger partial charge in [-0.05, 0) is 43.3 Å². The number of nitrogen functional groups attached to an aromatic ring is 1. The van der Waals surface area contributed by atoms with Gasteiger partial charge in [-0.25, -0.2) is 0 Å². The van der Waals surface area contributed by atoms with Gasteiger partial charge in [-0.3, -0.25) is 29.1 Å².